The Kier molecular flexibility index (Phi) is 6.23. The number of aryl methyl sites for hydroxylation is 1. The maximum Gasteiger partial charge on any atom is 0.259 e. The van der Waals surface area contributed by atoms with Gasteiger partial charge in [0.2, 0.25) is 5.95 Å². The average Bonchev–Trinajstić information content (AvgIpc) is 3.30. The van der Waals surface area contributed by atoms with Crippen LogP contribution in [-0.4, -0.2) is 36.1 Å². The number of methoxy groups -OCH3 is 1. The molecule has 1 aliphatic heterocycles. The van der Waals surface area contributed by atoms with Crippen molar-refractivity contribution < 1.29 is 9.53 Å². The molecular formula is C23H24ClN5O2. The lowest BCUT2D eigenvalue weighted by Crippen LogP contribution is -2.21. The van der Waals surface area contributed by atoms with Crippen LogP contribution in [0.2, 0.25) is 5.02 Å². The molecule has 4 rings (SSSR count). The number of aromatic nitrogens is 2. The van der Waals surface area contributed by atoms with Gasteiger partial charge in [0, 0.05) is 41.2 Å². The highest BCUT2D eigenvalue weighted by molar-refractivity contribution is 6.31. The summed E-state index contributed by atoms with van der Waals surface area (Å²) >= 11 is 6.03. The van der Waals surface area contributed by atoms with E-state index in [-0.39, 0.29) is 5.91 Å². The predicted octanol–water partition coefficient (Wildman–Crippen LogP) is 5.04. The van der Waals surface area contributed by atoms with Crippen LogP contribution >= 0.6 is 11.6 Å². The summed E-state index contributed by atoms with van der Waals surface area (Å²) in [6, 6.07) is 14.3. The number of carbonyl (C=O) groups is 1. The molecular weight excluding hydrogens is 414 g/mol. The van der Waals surface area contributed by atoms with Crippen molar-refractivity contribution in [1.82, 2.24) is 9.97 Å². The Balaban J connectivity index is 1.45. The minimum absolute atomic E-state index is 0.290. The number of carbonyl (C=O) groups excluding carboxylic acids is 1. The zero-order valence-electron chi connectivity index (χ0n) is 17.5. The van der Waals surface area contributed by atoms with Gasteiger partial charge in [0.25, 0.3) is 5.91 Å². The number of rotatable bonds is 6. The van der Waals surface area contributed by atoms with E-state index in [9.17, 15) is 4.79 Å². The van der Waals surface area contributed by atoms with Crippen molar-refractivity contribution in [2.45, 2.75) is 19.8 Å². The number of hydrogen-bond donors (Lipinski definition) is 2. The van der Waals surface area contributed by atoms with Crippen molar-refractivity contribution in [1.29, 1.82) is 0 Å². The zero-order chi connectivity index (χ0) is 21.8. The second kappa shape index (κ2) is 9.22. The van der Waals surface area contributed by atoms with Gasteiger partial charge in [0.05, 0.1) is 12.7 Å². The van der Waals surface area contributed by atoms with Gasteiger partial charge in [-0.15, -0.1) is 0 Å². The topological polar surface area (TPSA) is 79.4 Å². The summed E-state index contributed by atoms with van der Waals surface area (Å²) in [5, 5.41) is 6.66. The van der Waals surface area contributed by atoms with Crippen LogP contribution < -0.4 is 20.3 Å². The first-order valence-electron chi connectivity index (χ1n) is 10.1. The van der Waals surface area contributed by atoms with E-state index >= 15 is 0 Å². The number of hydrogen-bond acceptors (Lipinski definition) is 6. The highest BCUT2D eigenvalue weighted by Gasteiger charge is 2.16. The van der Waals surface area contributed by atoms with Gasteiger partial charge in [-0.25, -0.2) is 4.98 Å². The summed E-state index contributed by atoms with van der Waals surface area (Å²) in [6.07, 6.45) is 2.35. The Morgan fingerprint density at radius 2 is 1.74 bits per heavy atom. The van der Waals surface area contributed by atoms with Crippen LogP contribution in [0.3, 0.4) is 0 Å². The molecule has 7 nitrogen and oxygen atoms in total. The maximum atomic E-state index is 12.6. The monoisotopic (exact) mass is 437 g/mol. The lowest BCUT2D eigenvalue weighted by molar-refractivity contribution is 0.102. The molecule has 3 aromatic rings. The predicted molar refractivity (Wildman–Crippen MR) is 124 cm³/mol. The van der Waals surface area contributed by atoms with E-state index in [1.807, 2.05) is 37.3 Å². The first-order chi connectivity index (χ1) is 15.0. The summed E-state index contributed by atoms with van der Waals surface area (Å²) in [5.41, 5.74) is 2.82. The van der Waals surface area contributed by atoms with Crippen LogP contribution in [0.25, 0.3) is 0 Å². The van der Waals surface area contributed by atoms with Gasteiger partial charge >= 0.3 is 0 Å². The third-order valence-corrected chi connectivity index (χ3v) is 5.29. The second-order valence-corrected chi connectivity index (χ2v) is 7.83. The molecule has 31 heavy (non-hydrogen) atoms. The molecule has 1 aliphatic rings. The van der Waals surface area contributed by atoms with Crippen molar-refractivity contribution in [2.75, 3.05) is 35.7 Å². The Labute approximate surface area is 186 Å². The third-order valence-electron chi connectivity index (χ3n) is 5.05. The lowest BCUT2D eigenvalue weighted by Gasteiger charge is -2.17. The summed E-state index contributed by atoms with van der Waals surface area (Å²) < 4.78 is 5.26. The van der Waals surface area contributed by atoms with E-state index in [2.05, 4.69) is 25.5 Å². The SMILES string of the molecule is COc1ccc(Cl)cc1C(=O)Nc1ccc(Nc2cc(C)nc(N3CCCC3)n2)cc1. The number of nitrogens with zero attached hydrogens (tertiary/aromatic N) is 3. The molecule has 160 valence electrons. The molecule has 0 unspecified atom stereocenters. The first-order valence-corrected chi connectivity index (χ1v) is 10.5. The molecule has 1 aromatic heterocycles. The largest absolute Gasteiger partial charge is 0.496 e. The van der Waals surface area contributed by atoms with Crippen molar-refractivity contribution in [3.8, 4) is 5.75 Å². The number of ether oxygens (including phenoxy) is 1. The number of nitrogens with one attached hydrogen (secondary N) is 2. The fraction of sp³-hybridized carbons (Fsp3) is 0.261. The van der Waals surface area contributed by atoms with Crippen molar-refractivity contribution in [3.05, 3.63) is 64.8 Å². The van der Waals surface area contributed by atoms with Crippen LogP contribution in [-0.2, 0) is 0 Å². The number of halogens is 1. The summed E-state index contributed by atoms with van der Waals surface area (Å²) in [6.45, 7) is 3.96. The van der Waals surface area contributed by atoms with Gasteiger partial charge in [-0.3, -0.25) is 4.79 Å². The quantitative estimate of drug-likeness (QED) is 0.562. The molecule has 1 saturated heterocycles. The Hall–Kier alpha value is -3.32. The van der Waals surface area contributed by atoms with Gasteiger partial charge in [0.15, 0.2) is 0 Å². The minimum Gasteiger partial charge on any atom is -0.496 e. The van der Waals surface area contributed by atoms with Crippen LogP contribution in [0.1, 0.15) is 28.9 Å². The molecule has 0 bridgehead atoms. The van der Waals surface area contributed by atoms with E-state index in [1.54, 1.807) is 18.2 Å². The smallest absolute Gasteiger partial charge is 0.259 e. The fourth-order valence-electron chi connectivity index (χ4n) is 3.52. The minimum atomic E-state index is -0.290. The van der Waals surface area contributed by atoms with Gasteiger partial charge < -0.3 is 20.3 Å². The molecule has 1 fully saturated rings. The molecule has 0 radical (unpaired) electrons. The molecule has 0 saturated carbocycles. The van der Waals surface area contributed by atoms with Gasteiger partial charge in [-0.05, 0) is 62.2 Å². The van der Waals surface area contributed by atoms with Gasteiger partial charge in [0.1, 0.15) is 11.6 Å². The third kappa shape index (κ3) is 5.06. The van der Waals surface area contributed by atoms with Crippen molar-refractivity contribution in [2.24, 2.45) is 0 Å². The summed E-state index contributed by atoms with van der Waals surface area (Å²) in [5.74, 6) is 1.68. The Bertz CT molecular complexity index is 1080. The Morgan fingerprint density at radius 3 is 2.45 bits per heavy atom. The molecule has 2 aromatic carbocycles. The molecule has 8 heteroatoms. The van der Waals surface area contributed by atoms with Crippen LogP contribution in [0.5, 0.6) is 5.75 Å². The van der Waals surface area contributed by atoms with E-state index < -0.39 is 0 Å². The van der Waals surface area contributed by atoms with Crippen LogP contribution in [0.4, 0.5) is 23.1 Å². The molecule has 1 amide bonds. The lowest BCUT2D eigenvalue weighted by atomic mass is 10.1. The molecule has 0 aliphatic carbocycles. The maximum absolute atomic E-state index is 12.6. The van der Waals surface area contributed by atoms with Crippen molar-refractivity contribution in [3.63, 3.8) is 0 Å². The number of anilines is 4. The molecule has 0 atom stereocenters. The second-order valence-electron chi connectivity index (χ2n) is 7.39. The number of amides is 1. The summed E-state index contributed by atoms with van der Waals surface area (Å²) in [7, 11) is 1.52. The highest BCUT2D eigenvalue weighted by atomic mass is 35.5. The van der Waals surface area contributed by atoms with Crippen molar-refractivity contribution >= 4 is 40.6 Å². The van der Waals surface area contributed by atoms with E-state index in [0.29, 0.717) is 22.0 Å². The molecule has 0 spiro atoms. The summed E-state index contributed by atoms with van der Waals surface area (Å²) in [4.78, 5) is 24.1. The molecule has 2 heterocycles. The zero-order valence-corrected chi connectivity index (χ0v) is 18.2. The van der Waals surface area contributed by atoms with Gasteiger partial charge in [-0.1, -0.05) is 11.6 Å². The number of benzene rings is 2. The standard InChI is InChI=1S/C23H24ClN5O2/c1-15-13-21(28-23(25-15)29-11-3-4-12-29)26-17-6-8-18(9-7-17)27-22(30)19-14-16(24)5-10-20(19)31-2/h5-10,13-14H,3-4,11-12H2,1-2H3,(H,27,30)(H,25,26,28). The Morgan fingerprint density at radius 1 is 1.03 bits per heavy atom. The van der Waals surface area contributed by atoms with Gasteiger partial charge in [-0.2, -0.15) is 4.98 Å². The highest BCUT2D eigenvalue weighted by Crippen LogP contribution is 2.25. The average molecular weight is 438 g/mol. The first kappa shape index (κ1) is 20.9. The van der Waals surface area contributed by atoms with Crippen LogP contribution in [0.15, 0.2) is 48.5 Å². The van der Waals surface area contributed by atoms with E-state index in [1.165, 1.54) is 20.0 Å². The molecule has 2 N–H and O–H groups in total. The van der Waals surface area contributed by atoms with E-state index in [4.69, 9.17) is 16.3 Å². The normalized spacial score (nSPS) is 13.2. The van der Waals surface area contributed by atoms with Crippen LogP contribution in [0, 0.1) is 6.92 Å². The van der Waals surface area contributed by atoms with E-state index in [0.717, 1.165) is 36.2 Å². The fourth-order valence-corrected chi connectivity index (χ4v) is 3.69.